The van der Waals surface area contributed by atoms with Crippen molar-refractivity contribution in [2.45, 2.75) is 12.0 Å². The van der Waals surface area contributed by atoms with Crippen molar-refractivity contribution in [3.63, 3.8) is 0 Å². The Hall–Kier alpha value is -1.43. The van der Waals surface area contributed by atoms with Gasteiger partial charge in [-0.3, -0.25) is 0 Å². The molecule has 5 heteroatoms. The molecular weight excluding hydrogens is 337 g/mol. The van der Waals surface area contributed by atoms with Crippen molar-refractivity contribution in [1.29, 1.82) is 0 Å². The smallest absolute Gasteiger partial charge is 0.123 e. The van der Waals surface area contributed by atoms with Gasteiger partial charge in [-0.05, 0) is 41.5 Å². The van der Waals surface area contributed by atoms with Gasteiger partial charge in [-0.1, -0.05) is 28.1 Å². The Kier molecular flexibility index (Phi) is 5.33. The molecule has 0 saturated heterocycles. The Morgan fingerprint density at radius 3 is 2.48 bits per heavy atom. The molecule has 0 fully saturated rings. The Bertz CT molecular complexity index is 604. The molecule has 2 atom stereocenters. The van der Waals surface area contributed by atoms with Gasteiger partial charge in [0, 0.05) is 16.9 Å². The molecular formula is C16H17BrFNO2. The maximum Gasteiger partial charge on any atom is 0.123 e. The van der Waals surface area contributed by atoms with Gasteiger partial charge in [-0.2, -0.15) is 0 Å². The van der Waals surface area contributed by atoms with Crippen LogP contribution in [0.2, 0.25) is 0 Å². The molecule has 0 aliphatic rings. The van der Waals surface area contributed by atoms with Gasteiger partial charge in [0.25, 0.3) is 0 Å². The van der Waals surface area contributed by atoms with Gasteiger partial charge in [0.2, 0.25) is 0 Å². The number of hydrogen-bond donors (Lipinski definition) is 2. The van der Waals surface area contributed by atoms with Crippen molar-refractivity contribution in [3.05, 3.63) is 63.9 Å². The van der Waals surface area contributed by atoms with E-state index in [1.807, 2.05) is 24.3 Å². The quantitative estimate of drug-likeness (QED) is 0.866. The summed E-state index contributed by atoms with van der Waals surface area (Å²) in [4.78, 5) is 0. The highest BCUT2D eigenvalue weighted by molar-refractivity contribution is 9.10. The van der Waals surface area contributed by atoms with Crippen LogP contribution < -0.4 is 10.5 Å². The van der Waals surface area contributed by atoms with E-state index in [1.54, 1.807) is 13.2 Å². The number of methoxy groups -OCH3 is 1. The molecule has 0 heterocycles. The molecule has 0 aliphatic carbocycles. The van der Waals surface area contributed by atoms with Gasteiger partial charge in [0.05, 0.1) is 13.2 Å². The van der Waals surface area contributed by atoms with Gasteiger partial charge < -0.3 is 15.6 Å². The molecule has 0 radical (unpaired) electrons. The first-order valence-electron chi connectivity index (χ1n) is 6.54. The summed E-state index contributed by atoms with van der Waals surface area (Å²) in [5.74, 6) is 0.0164. The van der Waals surface area contributed by atoms with Crippen LogP contribution in [0.5, 0.6) is 5.75 Å². The van der Waals surface area contributed by atoms with Crippen LogP contribution in [0.3, 0.4) is 0 Å². The normalized spacial score (nSPS) is 13.8. The highest BCUT2D eigenvalue weighted by Crippen LogP contribution is 2.35. The lowest BCUT2D eigenvalue weighted by Crippen LogP contribution is -2.20. The number of aliphatic hydroxyl groups is 1. The second kappa shape index (κ2) is 7.02. The molecule has 2 aromatic rings. The van der Waals surface area contributed by atoms with Gasteiger partial charge in [-0.15, -0.1) is 0 Å². The fourth-order valence-corrected chi connectivity index (χ4v) is 2.74. The zero-order valence-corrected chi connectivity index (χ0v) is 13.2. The third-order valence-electron chi connectivity index (χ3n) is 3.46. The summed E-state index contributed by atoms with van der Waals surface area (Å²) in [6.07, 6.45) is -0.895. The van der Waals surface area contributed by atoms with Crippen molar-refractivity contribution in [1.82, 2.24) is 0 Å². The van der Waals surface area contributed by atoms with Crippen LogP contribution in [0.15, 0.2) is 46.9 Å². The number of aliphatic hydroxyl groups excluding tert-OH is 1. The number of nitrogens with two attached hydrogens (primary N) is 1. The summed E-state index contributed by atoms with van der Waals surface area (Å²) in [5, 5.41) is 10.6. The lowest BCUT2D eigenvalue weighted by atomic mass is 9.89. The lowest BCUT2D eigenvalue weighted by Gasteiger charge is -2.23. The van der Waals surface area contributed by atoms with E-state index in [-0.39, 0.29) is 12.5 Å². The largest absolute Gasteiger partial charge is 0.497 e. The van der Waals surface area contributed by atoms with E-state index < -0.39 is 11.9 Å². The predicted molar refractivity (Wildman–Crippen MR) is 83.8 cm³/mol. The van der Waals surface area contributed by atoms with E-state index >= 15 is 0 Å². The minimum atomic E-state index is -0.895. The number of benzene rings is 2. The lowest BCUT2D eigenvalue weighted by molar-refractivity contribution is 0.146. The fourth-order valence-electron chi connectivity index (χ4n) is 2.26. The molecule has 2 rings (SSSR count). The molecule has 0 saturated carbocycles. The van der Waals surface area contributed by atoms with Crippen molar-refractivity contribution in [2.75, 3.05) is 13.7 Å². The molecule has 0 spiro atoms. The van der Waals surface area contributed by atoms with Crippen molar-refractivity contribution < 1.29 is 14.2 Å². The first-order chi connectivity index (χ1) is 10.1. The summed E-state index contributed by atoms with van der Waals surface area (Å²) in [7, 11) is 1.59. The van der Waals surface area contributed by atoms with E-state index in [9.17, 15) is 9.50 Å². The van der Waals surface area contributed by atoms with Crippen LogP contribution in [0.4, 0.5) is 4.39 Å². The second-order valence-electron chi connectivity index (χ2n) is 4.73. The minimum Gasteiger partial charge on any atom is -0.497 e. The molecule has 0 amide bonds. The minimum absolute atomic E-state index is 0.246. The van der Waals surface area contributed by atoms with Crippen LogP contribution in [-0.4, -0.2) is 18.8 Å². The average molecular weight is 354 g/mol. The van der Waals surface area contributed by atoms with E-state index in [1.165, 1.54) is 12.1 Å². The maximum atomic E-state index is 13.4. The van der Waals surface area contributed by atoms with Gasteiger partial charge >= 0.3 is 0 Å². The summed E-state index contributed by atoms with van der Waals surface area (Å²) in [5.41, 5.74) is 7.17. The van der Waals surface area contributed by atoms with Crippen molar-refractivity contribution in [2.24, 2.45) is 5.73 Å². The Morgan fingerprint density at radius 1 is 1.24 bits per heavy atom. The highest BCUT2D eigenvalue weighted by Gasteiger charge is 2.23. The standard InChI is InChI=1S/C16H17BrFNO2/c1-21-12-5-2-10(3-6-12)14(9-19)16(20)13-8-11(18)4-7-15(13)17/h2-8,14,16,20H,9,19H2,1H3. The first-order valence-corrected chi connectivity index (χ1v) is 7.33. The van der Waals surface area contributed by atoms with Crippen LogP contribution in [-0.2, 0) is 0 Å². The Morgan fingerprint density at radius 2 is 1.90 bits per heavy atom. The van der Waals surface area contributed by atoms with Crippen LogP contribution in [0, 0.1) is 5.82 Å². The highest BCUT2D eigenvalue weighted by atomic mass is 79.9. The van der Waals surface area contributed by atoms with Crippen LogP contribution in [0.1, 0.15) is 23.1 Å². The fraction of sp³-hybridized carbons (Fsp3) is 0.250. The van der Waals surface area contributed by atoms with E-state index in [2.05, 4.69) is 15.9 Å². The zero-order valence-electron chi connectivity index (χ0n) is 11.6. The van der Waals surface area contributed by atoms with E-state index in [4.69, 9.17) is 10.5 Å². The van der Waals surface area contributed by atoms with Gasteiger partial charge in [0.1, 0.15) is 11.6 Å². The molecule has 0 aliphatic heterocycles. The molecule has 2 unspecified atom stereocenters. The maximum absolute atomic E-state index is 13.4. The van der Waals surface area contributed by atoms with Gasteiger partial charge in [-0.25, -0.2) is 4.39 Å². The number of ether oxygens (including phenoxy) is 1. The van der Waals surface area contributed by atoms with E-state index in [0.29, 0.717) is 10.0 Å². The summed E-state index contributed by atoms with van der Waals surface area (Å²) < 4.78 is 19.2. The van der Waals surface area contributed by atoms with Crippen LogP contribution in [0.25, 0.3) is 0 Å². The summed E-state index contributed by atoms with van der Waals surface area (Å²) in [6.45, 7) is 0.246. The SMILES string of the molecule is COc1ccc(C(CN)C(O)c2cc(F)ccc2Br)cc1. The number of hydrogen-bond acceptors (Lipinski definition) is 3. The third-order valence-corrected chi connectivity index (χ3v) is 4.18. The molecule has 0 bridgehead atoms. The first kappa shape index (κ1) is 15.9. The van der Waals surface area contributed by atoms with Crippen molar-refractivity contribution >= 4 is 15.9 Å². The Balaban J connectivity index is 2.33. The number of halogens is 2. The van der Waals surface area contributed by atoms with Crippen LogP contribution >= 0.6 is 15.9 Å². The van der Waals surface area contributed by atoms with Crippen molar-refractivity contribution in [3.8, 4) is 5.75 Å². The molecule has 3 N–H and O–H groups in total. The molecule has 3 nitrogen and oxygen atoms in total. The summed E-state index contributed by atoms with van der Waals surface area (Å²) >= 11 is 3.34. The zero-order chi connectivity index (χ0) is 15.4. The predicted octanol–water partition coefficient (Wildman–Crippen LogP) is 3.37. The topological polar surface area (TPSA) is 55.5 Å². The third kappa shape index (κ3) is 3.61. The Labute approximate surface area is 131 Å². The second-order valence-corrected chi connectivity index (χ2v) is 5.58. The van der Waals surface area contributed by atoms with Gasteiger partial charge in [0.15, 0.2) is 0 Å². The molecule has 21 heavy (non-hydrogen) atoms. The monoisotopic (exact) mass is 353 g/mol. The molecule has 0 aromatic heterocycles. The summed E-state index contributed by atoms with van der Waals surface area (Å²) in [6, 6.07) is 11.6. The van der Waals surface area contributed by atoms with E-state index in [0.717, 1.165) is 11.3 Å². The molecule has 2 aromatic carbocycles. The average Bonchev–Trinajstić information content (AvgIpc) is 2.51. The molecule has 112 valence electrons. The number of rotatable bonds is 5.